The second-order valence-corrected chi connectivity index (χ2v) is 6.39. The van der Waals surface area contributed by atoms with Crippen LogP contribution in [0.3, 0.4) is 0 Å². The number of nitrogens with zero attached hydrogens (tertiary/aromatic N) is 1. The first-order valence-corrected chi connectivity index (χ1v) is 8.16. The lowest BCUT2D eigenvalue weighted by atomic mass is 10.0. The number of rotatable bonds is 5. The van der Waals surface area contributed by atoms with Gasteiger partial charge in [0.1, 0.15) is 11.5 Å². The van der Waals surface area contributed by atoms with Crippen LogP contribution in [0.2, 0.25) is 5.02 Å². The highest BCUT2D eigenvalue weighted by molar-refractivity contribution is 6.30. The molecule has 0 fully saturated rings. The molecule has 0 aromatic heterocycles. The van der Waals surface area contributed by atoms with Crippen molar-refractivity contribution < 1.29 is 9.84 Å². The molecule has 0 aliphatic rings. The molecule has 3 aromatic rings. The van der Waals surface area contributed by atoms with E-state index < -0.39 is 0 Å². The van der Waals surface area contributed by atoms with Gasteiger partial charge in [0.05, 0.1) is 7.11 Å². The van der Waals surface area contributed by atoms with Gasteiger partial charge in [0.25, 0.3) is 0 Å². The Bertz CT molecular complexity index is 863. The van der Waals surface area contributed by atoms with E-state index >= 15 is 0 Å². The van der Waals surface area contributed by atoms with Gasteiger partial charge in [-0.3, -0.25) is 4.90 Å². The maximum Gasteiger partial charge on any atom is 0.120 e. The fraction of sp³-hybridized carbons (Fsp3) is 0.200. The molecule has 0 bridgehead atoms. The molecule has 0 saturated carbocycles. The SMILES string of the molecule is COc1ccc2ccc(O)c(CN(C)Cc3cccc(Cl)c3)c2c1. The van der Waals surface area contributed by atoms with Crippen LogP contribution in [-0.2, 0) is 13.1 Å². The number of benzene rings is 3. The van der Waals surface area contributed by atoms with Gasteiger partial charge >= 0.3 is 0 Å². The molecule has 3 aromatic carbocycles. The molecule has 3 rings (SSSR count). The number of hydrogen-bond acceptors (Lipinski definition) is 3. The topological polar surface area (TPSA) is 32.7 Å². The van der Waals surface area contributed by atoms with Crippen LogP contribution < -0.4 is 4.74 Å². The van der Waals surface area contributed by atoms with Gasteiger partial charge in [0.2, 0.25) is 0 Å². The van der Waals surface area contributed by atoms with Crippen molar-refractivity contribution in [2.24, 2.45) is 0 Å². The minimum atomic E-state index is 0.300. The molecule has 0 atom stereocenters. The molecule has 4 heteroatoms. The van der Waals surface area contributed by atoms with Crippen molar-refractivity contribution >= 4 is 22.4 Å². The average Bonchev–Trinajstić information content (AvgIpc) is 2.57. The summed E-state index contributed by atoms with van der Waals surface area (Å²) >= 11 is 6.05. The van der Waals surface area contributed by atoms with Crippen molar-refractivity contribution in [2.45, 2.75) is 13.1 Å². The van der Waals surface area contributed by atoms with Crippen molar-refractivity contribution in [3.05, 3.63) is 70.7 Å². The molecule has 1 N–H and O–H groups in total. The van der Waals surface area contributed by atoms with Crippen molar-refractivity contribution in [2.75, 3.05) is 14.2 Å². The number of fused-ring (bicyclic) bond motifs is 1. The fourth-order valence-electron chi connectivity index (χ4n) is 2.92. The molecule has 0 amide bonds. The van der Waals surface area contributed by atoms with Gasteiger partial charge in [-0.15, -0.1) is 0 Å². The number of phenolic OH excluding ortho intramolecular Hbond substituents is 1. The van der Waals surface area contributed by atoms with E-state index in [-0.39, 0.29) is 0 Å². The van der Waals surface area contributed by atoms with Crippen molar-refractivity contribution in [1.29, 1.82) is 0 Å². The van der Waals surface area contributed by atoms with E-state index in [1.807, 2.05) is 55.6 Å². The Labute approximate surface area is 147 Å². The number of ether oxygens (including phenoxy) is 1. The number of halogens is 1. The minimum Gasteiger partial charge on any atom is -0.508 e. The molecular formula is C20H20ClNO2. The molecule has 0 unspecified atom stereocenters. The second kappa shape index (κ2) is 7.12. The molecule has 0 heterocycles. The summed E-state index contributed by atoms with van der Waals surface area (Å²) in [4.78, 5) is 2.15. The number of phenols is 1. The predicted molar refractivity (Wildman–Crippen MR) is 98.8 cm³/mol. The monoisotopic (exact) mass is 341 g/mol. The lowest BCUT2D eigenvalue weighted by molar-refractivity contribution is 0.314. The smallest absolute Gasteiger partial charge is 0.120 e. The zero-order chi connectivity index (χ0) is 17.1. The van der Waals surface area contributed by atoms with Crippen molar-refractivity contribution in [3.63, 3.8) is 0 Å². The van der Waals surface area contributed by atoms with Crippen LogP contribution in [0.1, 0.15) is 11.1 Å². The van der Waals surface area contributed by atoms with E-state index in [9.17, 15) is 5.11 Å². The van der Waals surface area contributed by atoms with Gasteiger partial charge < -0.3 is 9.84 Å². The number of methoxy groups -OCH3 is 1. The molecule has 0 aliphatic carbocycles. The van der Waals surface area contributed by atoms with E-state index in [4.69, 9.17) is 16.3 Å². The Morgan fingerprint density at radius 2 is 1.83 bits per heavy atom. The van der Waals surface area contributed by atoms with Crippen molar-refractivity contribution in [1.82, 2.24) is 4.90 Å². The highest BCUT2D eigenvalue weighted by Crippen LogP contribution is 2.31. The lowest BCUT2D eigenvalue weighted by Crippen LogP contribution is -2.17. The quantitative estimate of drug-likeness (QED) is 0.720. The van der Waals surface area contributed by atoms with E-state index in [1.54, 1.807) is 13.2 Å². The first-order chi connectivity index (χ1) is 11.6. The molecule has 0 aliphatic heterocycles. The summed E-state index contributed by atoms with van der Waals surface area (Å²) in [5, 5.41) is 13.2. The molecule has 0 radical (unpaired) electrons. The van der Waals surface area contributed by atoms with Gasteiger partial charge in [0.15, 0.2) is 0 Å². The van der Waals surface area contributed by atoms with Gasteiger partial charge in [-0.1, -0.05) is 35.9 Å². The summed E-state index contributed by atoms with van der Waals surface area (Å²) in [5.74, 6) is 1.08. The predicted octanol–water partition coefficient (Wildman–Crippen LogP) is 4.84. The van der Waals surface area contributed by atoms with E-state index in [1.165, 1.54) is 0 Å². The van der Waals surface area contributed by atoms with Gasteiger partial charge in [-0.05, 0) is 53.7 Å². The van der Waals surface area contributed by atoms with Crippen LogP contribution in [0.4, 0.5) is 0 Å². The Morgan fingerprint density at radius 1 is 1.04 bits per heavy atom. The highest BCUT2D eigenvalue weighted by Gasteiger charge is 2.11. The van der Waals surface area contributed by atoms with Crippen LogP contribution in [0.25, 0.3) is 10.8 Å². The van der Waals surface area contributed by atoms with Crippen LogP contribution >= 0.6 is 11.6 Å². The summed E-state index contributed by atoms with van der Waals surface area (Å²) in [6, 6.07) is 17.4. The van der Waals surface area contributed by atoms with Crippen LogP contribution in [0, 0.1) is 0 Å². The summed E-state index contributed by atoms with van der Waals surface area (Å²) in [6.07, 6.45) is 0. The normalized spacial score (nSPS) is 11.2. The average molecular weight is 342 g/mol. The number of aromatic hydroxyl groups is 1. The zero-order valence-electron chi connectivity index (χ0n) is 13.8. The van der Waals surface area contributed by atoms with E-state index in [0.29, 0.717) is 12.3 Å². The van der Waals surface area contributed by atoms with E-state index in [2.05, 4.69) is 4.90 Å². The third-order valence-electron chi connectivity index (χ3n) is 4.09. The highest BCUT2D eigenvalue weighted by atomic mass is 35.5. The summed E-state index contributed by atoms with van der Waals surface area (Å²) in [7, 11) is 3.67. The molecule has 24 heavy (non-hydrogen) atoms. The standard InChI is InChI=1S/C20H20ClNO2/c1-22(12-14-4-3-5-16(21)10-14)13-19-18-11-17(24-2)8-6-15(18)7-9-20(19)23/h3-11,23H,12-13H2,1-2H3. The first-order valence-electron chi connectivity index (χ1n) is 7.78. The largest absolute Gasteiger partial charge is 0.508 e. The minimum absolute atomic E-state index is 0.300. The molecule has 0 spiro atoms. The maximum atomic E-state index is 10.3. The van der Waals surface area contributed by atoms with Gasteiger partial charge in [-0.25, -0.2) is 0 Å². The zero-order valence-corrected chi connectivity index (χ0v) is 14.5. The van der Waals surface area contributed by atoms with Crippen LogP contribution in [-0.4, -0.2) is 24.2 Å². The Balaban J connectivity index is 1.89. The fourth-order valence-corrected chi connectivity index (χ4v) is 3.13. The summed E-state index contributed by atoms with van der Waals surface area (Å²) in [6.45, 7) is 1.38. The number of hydrogen-bond donors (Lipinski definition) is 1. The third kappa shape index (κ3) is 3.64. The van der Waals surface area contributed by atoms with Crippen LogP contribution in [0.5, 0.6) is 11.5 Å². The molecule has 3 nitrogen and oxygen atoms in total. The maximum absolute atomic E-state index is 10.3. The first kappa shape index (κ1) is 16.6. The van der Waals surface area contributed by atoms with E-state index in [0.717, 1.165) is 39.2 Å². The van der Waals surface area contributed by atoms with Crippen LogP contribution in [0.15, 0.2) is 54.6 Å². The Morgan fingerprint density at radius 3 is 2.58 bits per heavy atom. The molecular weight excluding hydrogens is 322 g/mol. The molecule has 124 valence electrons. The summed E-state index contributed by atoms with van der Waals surface area (Å²) < 4.78 is 5.32. The van der Waals surface area contributed by atoms with Crippen molar-refractivity contribution in [3.8, 4) is 11.5 Å². The Kier molecular flexibility index (Phi) is 4.93. The van der Waals surface area contributed by atoms with Gasteiger partial charge in [-0.2, -0.15) is 0 Å². The summed E-state index contributed by atoms with van der Waals surface area (Å²) in [5.41, 5.74) is 2.04. The third-order valence-corrected chi connectivity index (χ3v) is 4.32. The lowest BCUT2D eigenvalue weighted by Gasteiger charge is -2.19. The van der Waals surface area contributed by atoms with Gasteiger partial charge in [0, 0.05) is 23.7 Å². The second-order valence-electron chi connectivity index (χ2n) is 5.95. The Hall–Kier alpha value is -2.23. The molecule has 0 saturated heterocycles.